The molecular formula is C25H31N3O2. The van der Waals surface area contributed by atoms with Gasteiger partial charge < -0.3 is 10.1 Å². The third-order valence-electron chi connectivity index (χ3n) is 5.41. The van der Waals surface area contributed by atoms with Gasteiger partial charge in [0.05, 0.1) is 12.2 Å². The molecule has 0 atom stereocenters. The van der Waals surface area contributed by atoms with Gasteiger partial charge in [0.15, 0.2) is 6.61 Å². The molecule has 0 fully saturated rings. The van der Waals surface area contributed by atoms with Gasteiger partial charge in [-0.3, -0.25) is 9.48 Å². The van der Waals surface area contributed by atoms with Crippen LogP contribution in [0, 0.1) is 20.8 Å². The number of nitrogens with zero attached hydrogens (tertiary/aromatic N) is 2. The average Bonchev–Trinajstić information content (AvgIpc) is 2.99. The average molecular weight is 406 g/mol. The van der Waals surface area contributed by atoms with Crippen LogP contribution in [0.15, 0.2) is 48.5 Å². The monoisotopic (exact) mass is 405 g/mol. The molecule has 3 aromatic rings. The first kappa shape index (κ1) is 21.6. The van der Waals surface area contributed by atoms with E-state index < -0.39 is 0 Å². The van der Waals surface area contributed by atoms with Crippen molar-refractivity contribution in [1.29, 1.82) is 0 Å². The Morgan fingerprint density at radius 1 is 1.10 bits per heavy atom. The van der Waals surface area contributed by atoms with Gasteiger partial charge in [-0.2, -0.15) is 5.10 Å². The first-order valence-electron chi connectivity index (χ1n) is 10.4. The Morgan fingerprint density at radius 2 is 1.83 bits per heavy atom. The van der Waals surface area contributed by atoms with Gasteiger partial charge in [0, 0.05) is 17.8 Å². The van der Waals surface area contributed by atoms with Crippen molar-refractivity contribution in [2.45, 2.75) is 53.6 Å². The summed E-state index contributed by atoms with van der Waals surface area (Å²) in [6, 6.07) is 16.4. The Balaban J connectivity index is 1.58. The van der Waals surface area contributed by atoms with Gasteiger partial charge >= 0.3 is 0 Å². The second-order valence-electron chi connectivity index (χ2n) is 8.04. The fourth-order valence-electron chi connectivity index (χ4n) is 3.41. The summed E-state index contributed by atoms with van der Waals surface area (Å²) in [6.45, 7) is 11.5. The first-order valence-corrected chi connectivity index (χ1v) is 10.4. The molecular weight excluding hydrogens is 374 g/mol. The van der Waals surface area contributed by atoms with E-state index in [1.54, 1.807) is 0 Å². The quantitative estimate of drug-likeness (QED) is 0.592. The highest BCUT2D eigenvalue weighted by molar-refractivity contribution is 5.77. The van der Waals surface area contributed by atoms with Gasteiger partial charge in [-0.05, 0) is 49.4 Å². The number of rotatable bonds is 8. The van der Waals surface area contributed by atoms with Crippen LogP contribution in [0.3, 0.4) is 0 Å². The fraction of sp³-hybridized carbons (Fsp3) is 0.360. The molecule has 158 valence electrons. The fourth-order valence-corrected chi connectivity index (χ4v) is 3.41. The number of benzene rings is 2. The predicted molar refractivity (Wildman–Crippen MR) is 120 cm³/mol. The maximum Gasteiger partial charge on any atom is 0.258 e. The Labute approximate surface area is 179 Å². The largest absolute Gasteiger partial charge is 0.483 e. The lowest BCUT2D eigenvalue weighted by atomic mass is 10.0. The molecule has 0 unspecified atom stereocenters. The van der Waals surface area contributed by atoms with Crippen LogP contribution < -0.4 is 10.1 Å². The second kappa shape index (κ2) is 9.61. The Morgan fingerprint density at radius 3 is 2.53 bits per heavy atom. The van der Waals surface area contributed by atoms with Crippen molar-refractivity contribution in [3.05, 3.63) is 82.2 Å². The SMILES string of the molecule is Cc1ccc(C(C)C)cc1OCC(=O)NCc1c(C)nn(Cc2ccccc2)c1C. The van der Waals surface area contributed by atoms with Crippen LogP contribution in [0.1, 0.15) is 53.4 Å². The Hall–Kier alpha value is -3.08. The normalized spacial score (nSPS) is 11.0. The molecule has 0 aliphatic carbocycles. The van der Waals surface area contributed by atoms with E-state index in [4.69, 9.17) is 4.74 Å². The van der Waals surface area contributed by atoms with Crippen molar-refractivity contribution in [3.63, 3.8) is 0 Å². The number of aromatic nitrogens is 2. The Bertz CT molecular complexity index is 1010. The zero-order valence-corrected chi connectivity index (χ0v) is 18.5. The molecule has 0 bridgehead atoms. The van der Waals surface area contributed by atoms with Crippen LogP contribution >= 0.6 is 0 Å². The van der Waals surface area contributed by atoms with E-state index in [0.29, 0.717) is 12.5 Å². The van der Waals surface area contributed by atoms with Crippen LogP contribution in [-0.2, 0) is 17.9 Å². The molecule has 0 aliphatic heterocycles. The third-order valence-corrected chi connectivity index (χ3v) is 5.41. The van der Waals surface area contributed by atoms with Gasteiger partial charge in [0.1, 0.15) is 5.75 Å². The lowest BCUT2D eigenvalue weighted by Crippen LogP contribution is -2.29. The molecule has 0 aliphatic rings. The summed E-state index contributed by atoms with van der Waals surface area (Å²) in [5.74, 6) is 1.04. The predicted octanol–water partition coefficient (Wildman–Crippen LogP) is 4.68. The molecule has 2 aromatic carbocycles. The molecule has 30 heavy (non-hydrogen) atoms. The highest BCUT2D eigenvalue weighted by Gasteiger charge is 2.13. The van der Waals surface area contributed by atoms with Crippen molar-refractivity contribution in [2.75, 3.05) is 6.61 Å². The number of nitrogens with one attached hydrogen (secondary N) is 1. The number of hydrogen-bond acceptors (Lipinski definition) is 3. The van der Waals surface area contributed by atoms with Crippen molar-refractivity contribution in [3.8, 4) is 5.75 Å². The van der Waals surface area contributed by atoms with Crippen LogP contribution in [-0.4, -0.2) is 22.3 Å². The number of carbonyl (C=O) groups is 1. The molecule has 0 radical (unpaired) electrons. The van der Waals surface area contributed by atoms with Crippen LogP contribution in [0.25, 0.3) is 0 Å². The van der Waals surface area contributed by atoms with E-state index in [0.717, 1.165) is 34.8 Å². The number of amides is 1. The standard InChI is InChI=1S/C25H31N3O2/c1-17(2)22-12-11-18(3)24(13-22)30-16-25(29)26-14-23-19(4)27-28(20(23)5)15-21-9-7-6-8-10-21/h6-13,17H,14-16H2,1-5H3,(H,26,29). The summed E-state index contributed by atoms with van der Waals surface area (Å²) in [5.41, 5.74) is 6.49. The zero-order valence-electron chi connectivity index (χ0n) is 18.5. The molecule has 0 saturated carbocycles. The van der Waals surface area contributed by atoms with Gasteiger partial charge in [-0.1, -0.05) is 56.3 Å². The van der Waals surface area contributed by atoms with E-state index in [1.165, 1.54) is 11.1 Å². The molecule has 3 rings (SSSR count). The van der Waals surface area contributed by atoms with Gasteiger partial charge in [-0.25, -0.2) is 0 Å². The van der Waals surface area contributed by atoms with Gasteiger partial charge in [-0.15, -0.1) is 0 Å². The van der Waals surface area contributed by atoms with E-state index in [9.17, 15) is 4.79 Å². The van der Waals surface area contributed by atoms with Crippen LogP contribution in [0.5, 0.6) is 5.75 Å². The number of hydrogen-bond donors (Lipinski definition) is 1. The smallest absolute Gasteiger partial charge is 0.258 e. The molecule has 5 heteroatoms. The van der Waals surface area contributed by atoms with Crippen molar-refractivity contribution >= 4 is 5.91 Å². The van der Waals surface area contributed by atoms with Crippen LogP contribution in [0.4, 0.5) is 0 Å². The molecule has 1 heterocycles. The minimum absolute atomic E-state index is 0.00135. The Kier molecular flexibility index (Phi) is 6.93. The van der Waals surface area contributed by atoms with Crippen molar-refractivity contribution in [1.82, 2.24) is 15.1 Å². The summed E-state index contributed by atoms with van der Waals surface area (Å²) in [4.78, 5) is 12.4. The third kappa shape index (κ3) is 5.29. The summed E-state index contributed by atoms with van der Waals surface area (Å²) in [5, 5.41) is 7.62. The summed E-state index contributed by atoms with van der Waals surface area (Å²) < 4.78 is 7.78. The van der Waals surface area contributed by atoms with Crippen molar-refractivity contribution < 1.29 is 9.53 Å². The molecule has 0 spiro atoms. The van der Waals surface area contributed by atoms with Crippen LogP contribution in [0.2, 0.25) is 0 Å². The van der Waals surface area contributed by atoms with E-state index >= 15 is 0 Å². The highest BCUT2D eigenvalue weighted by Crippen LogP contribution is 2.24. The van der Waals surface area contributed by atoms with Gasteiger partial charge in [0.25, 0.3) is 5.91 Å². The number of carbonyl (C=O) groups excluding carboxylic acids is 1. The summed E-state index contributed by atoms with van der Waals surface area (Å²) >= 11 is 0. The maximum absolute atomic E-state index is 12.4. The lowest BCUT2D eigenvalue weighted by Gasteiger charge is -2.13. The molecule has 1 amide bonds. The summed E-state index contributed by atoms with van der Waals surface area (Å²) in [6.07, 6.45) is 0. The topological polar surface area (TPSA) is 56.1 Å². The van der Waals surface area contributed by atoms with E-state index in [2.05, 4.69) is 42.5 Å². The summed E-state index contributed by atoms with van der Waals surface area (Å²) in [7, 11) is 0. The van der Waals surface area contributed by atoms with E-state index in [1.807, 2.05) is 55.8 Å². The molecule has 0 saturated heterocycles. The minimum atomic E-state index is -0.140. The first-order chi connectivity index (χ1) is 14.3. The second-order valence-corrected chi connectivity index (χ2v) is 8.04. The minimum Gasteiger partial charge on any atom is -0.483 e. The number of ether oxygens (including phenoxy) is 1. The van der Waals surface area contributed by atoms with Crippen molar-refractivity contribution in [2.24, 2.45) is 0 Å². The zero-order chi connectivity index (χ0) is 21.7. The highest BCUT2D eigenvalue weighted by atomic mass is 16.5. The van der Waals surface area contributed by atoms with Gasteiger partial charge in [0.2, 0.25) is 0 Å². The molecule has 1 aromatic heterocycles. The number of aryl methyl sites for hydroxylation is 2. The van der Waals surface area contributed by atoms with E-state index in [-0.39, 0.29) is 12.5 Å². The maximum atomic E-state index is 12.4. The molecule has 5 nitrogen and oxygen atoms in total. The molecule has 1 N–H and O–H groups in total. The lowest BCUT2D eigenvalue weighted by molar-refractivity contribution is -0.123.